The maximum atomic E-state index is 5.93. The SMILES string of the molecule is c1ccc(COc2ccc(N(Cc3ccccc3)c3ccccc3)cc2)cc1. The average Bonchev–Trinajstić information content (AvgIpc) is 2.78. The molecule has 0 bridgehead atoms. The van der Waals surface area contributed by atoms with Gasteiger partial charge in [0.2, 0.25) is 0 Å². The lowest BCUT2D eigenvalue weighted by Gasteiger charge is -2.25. The van der Waals surface area contributed by atoms with Crippen molar-refractivity contribution in [2.75, 3.05) is 4.90 Å². The van der Waals surface area contributed by atoms with Crippen LogP contribution in [-0.4, -0.2) is 0 Å². The van der Waals surface area contributed by atoms with Gasteiger partial charge in [-0.3, -0.25) is 0 Å². The fourth-order valence-corrected chi connectivity index (χ4v) is 3.17. The highest BCUT2D eigenvalue weighted by atomic mass is 16.5. The Labute approximate surface area is 166 Å². The van der Waals surface area contributed by atoms with Gasteiger partial charge < -0.3 is 9.64 Å². The molecule has 4 aromatic carbocycles. The number of ether oxygens (including phenoxy) is 1. The van der Waals surface area contributed by atoms with E-state index in [1.54, 1.807) is 0 Å². The molecule has 2 heteroatoms. The molecular formula is C26H23NO. The van der Waals surface area contributed by atoms with Crippen LogP contribution in [0.25, 0.3) is 0 Å². The smallest absolute Gasteiger partial charge is 0.119 e. The molecule has 0 amide bonds. The van der Waals surface area contributed by atoms with E-state index in [0.717, 1.165) is 18.0 Å². The number of rotatable bonds is 7. The summed E-state index contributed by atoms with van der Waals surface area (Å²) in [5, 5.41) is 0. The Morgan fingerprint density at radius 3 is 1.61 bits per heavy atom. The molecule has 0 fully saturated rings. The molecule has 0 spiro atoms. The summed E-state index contributed by atoms with van der Waals surface area (Å²) in [7, 11) is 0. The Kier molecular flexibility index (Phi) is 5.69. The van der Waals surface area contributed by atoms with Crippen LogP contribution in [0.1, 0.15) is 11.1 Å². The van der Waals surface area contributed by atoms with Crippen molar-refractivity contribution in [3.63, 3.8) is 0 Å². The summed E-state index contributed by atoms with van der Waals surface area (Å²) in [6.45, 7) is 1.39. The van der Waals surface area contributed by atoms with E-state index in [9.17, 15) is 0 Å². The second-order valence-electron chi connectivity index (χ2n) is 6.68. The predicted molar refractivity (Wildman–Crippen MR) is 116 cm³/mol. The number of hydrogen-bond donors (Lipinski definition) is 0. The number of para-hydroxylation sites is 1. The van der Waals surface area contributed by atoms with Gasteiger partial charge in [0, 0.05) is 17.9 Å². The van der Waals surface area contributed by atoms with Gasteiger partial charge >= 0.3 is 0 Å². The van der Waals surface area contributed by atoms with Crippen molar-refractivity contribution in [1.82, 2.24) is 0 Å². The van der Waals surface area contributed by atoms with Crippen LogP contribution in [0.5, 0.6) is 5.75 Å². The fourth-order valence-electron chi connectivity index (χ4n) is 3.17. The summed E-state index contributed by atoms with van der Waals surface area (Å²) in [5.41, 5.74) is 4.75. The Morgan fingerprint density at radius 2 is 1.00 bits per heavy atom. The Balaban J connectivity index is 1.53. The van der Waals surface area contributed by atoms with Crippen LogP contribution in [0.2, 0.25) is 0 Å². The number of nitrogens with zero attached hydrogens (tertiary/aromatic N) is 1. The molecule has 28 heavy (non-hydrogen) atoms. The molecule has 4 aromatic rings. The second-order valence-corrected chi connectivity index (χ2v) is 6.68. The minimum atomic E-state index is 0.576. The summed E-state index contributed by atoms with van der Waals surface area (Å²) in [6.07, 6.45) is 0. The summed E-state index contributed by atoms with van der Waals surface area (Å²) in [5.74, 6) is 0.875. The number of benzene rings is 4. The third-order valence-corrected chi connectivity index (χ3v) is 4.65. The molecule has 0 atom stereocenters. The van der Waals surface area contributed by atoms with Crippen molar-refractivity contribution in [3.05, 3.63) is 126 Å². The van der Waals surface area contributed by atoms with E-state index in [0.29, 0.717) is 6.61 Å². The zero-order valence-corrected chi connectivity index (χ0v) is 15.7. The first-order chi connectivity index (χ1) is 13.9. The molecule has 0 aliphatic carbocycles. The van der Waals surface area contributed by atoms with Crippen LogP contribution >= 0.6 is 0 Å². The summed E-state index contributed by atoms with van der Waals surface area (Å²) < 4.78 is 5.93. The van der Waals surface area contributed by atoms with Gasteiger partial charge in [-0.25, -0.2) is 0 Å². The first kappa shape index (κ1) is 17.9. The van der Waals surface area contributed by atoms with E-state index in [1.165, 1.54) is 16.8 Å². The minimum Gasteiger partial charge on any atom is -0.489 e. The third kappa shape index (κ3) is 4.60. The molecule has 0 N–H and O–H groups in total. The van der Waals surface area contributed by atoms with E-state index >= 15 is 0 Å². The normalized spacial score (nSPS) is 10.4. The van der Waals surface area contributed by atoms with E-state index in [-0.39, 0.29) is 0 Å². The monoisotopic (exact) mass is 365 g/mol. The first-order valence-electron chi connectivity index (χ1n) is 9.52. The Hall–Kier alpha value is -3.52. The van der Waals surface area contributed by atoms with Crippen LogP contribution in [-0.2, 0) is 13.2 Å². The fraction of sp³-hybridized carbons (Fsp3) is 0.0769. The number of hydrogen-bond acceptors (Lipinski definition) is 2. The highest BCUT2D eigenvalue weighted by Gasteiger charge is 2.10. The lowest BCUT2D eigenvalue weighted by molar-refractivity contribution is 0.306. The van der Waals surface area contributed by atoms with Crippen LogP contribution in [0.15, 0.2) is 115 Å². The Morgan fingerprint density at radius 1 is 0.500 bits per heavy atom. The van der Waals surface area contributed by atoms with Gasteiger partial charge in [0.25, 0.3) is 0 Å². The third-order valence-electron chi connectivity index (χ3n) is 4.65. The van der Waals surface area contributed by atoms with Gasteiger partial charge in [0.1, 0.15) is 12.4 Å². The zero-order chi connectivity index (χ0) is 19.0. The van der Waals surface area contributed by atoms with Crippen LogP contribution in [0.4, 0.5) is 11.4 Å². The van der Waals surface area contributed by atoms with E-state index in [4.69, 9.17) is 4.74 Å². The van der Waals surface area contributed by atoms with Crippen LogP contribution in [0.3, 0.4) is 0 Å². The molecule has 0 heterocycles. The zero-order valence-electron chi connectivity index (χ0n) is 15.7. The molecule has 4 rings (SSSR count). The topological polar surface area (TPSA) is 12.5 Å². The van der Waals surface area contributed by atoms with E-state index in [2.05, 4.69) is 83.8 Å². The van der Waals surface area contributed by atoms with Crippen molar-refractivity contribution in [2.45, 2.75) is 13.2 Å². The van der Waals surface area contributed by atoms with Gasteiger partial charge in [-0.15, -0.1) is 0 Å². The molecule has 0 saturated heterocycles. The van der Waals surface area contributed by atoms with Crippen molar-refractivity contribution >= 4 is 11.4 Å². The van der Waals surface area contributed by atoms with E-state index in [1.807, 2.05) is 36.4 Å². The van der Waals surface area contributed by atoms with Gasteiger partial charge in [-0.2, -0.15) is 0 Å². The quantitative estimate of drug-likeness (QED) is 0.366. The van der Waals surface area contributed by atoms with Gasteiger partial charge in [0.05, 0.1) is 0 Å². The molecule has 0 saturated carbocycles. The van der Waals surface area contributed by atoms with Crippen LogP contribution in [0, 0.1) is 0 Å². The van der Waals surface area contributed by atoms with Gasteiger partial charge in [-0.1, -0.05) is 78.9 Å². The Bertz CT molecular complexity index is 967. The van der Waals surface area contributed by atoms with Crippen molar-refractivity contribution in [2.24, 2.45) is 0 Å². The molecule has 2 nitrogen and oxygen atoms in total. The van der Waals surface area contributed by atoms with Gasteiger partial charge in [0.15, 0.2) is 0 Å². The molecular weight excluding hydrogens is 342 g/mol. The molecule has 0 aliphatic heterocycles. The number of anilines is 2. The standard InChI is InChI=1S/C26H23NO/c1-4-10-22(11-5-1)20-27(24-14-8-3-9-15-24)25-16-18-26(19-17-25)28-21-23-12-6-2-7-13-23/h1-19H,20-21H2. The maximum absolute atomic E-state index is 5.93. The molecule has 0 radical (unpaired) electrons. The average molecular weight is 365 g/mol. The van der Waals surface area contributed by atoms with Crippen molar-refractivity contribution < 1.29 is 4.74 Å². The van der Waals surface area contributed by atoms with Crippen molar-refractivity contribution in [1.29, 1.82) is 0 Å². The lowest BCUT2D eigenvalue weighted by atomic mass is 10.1. The minimum absolute atomic E-state index is 0.576. The highest BCUT2D eigenvalue weighted by molar-refractivity contribution is 5.64. The summed E-state index contributed by atoms with van der Waals surface area (Å²) >= 11 is 0. The summed E-state index contributed by atoms with van der Waals surface area (Å²) in [6, 6.07) is 39.6. The molecule has 0 aromatic heterocycles. The van der Waals surface area contributed by atoms with Crippen LogP contribution < -0.4 is 9.64 Å². The lowest BCUT2D eigenvalue weighted by Crippen LogP contribution is -2.16. The summed E-state index contributed by atoms with van der Waals surface area (Å²) in [4.78, 5) is 2.32. The molecule has 138 valence electrons. The van der Waals surface area contributed by atoms with Gasteiger partial charge in [-0.05, 0) is 47.5 Å². The maximum Gasteiger partial charge on any atom is 0.119 e. The molecule has 0 unspecified atom stereocenters. The highest BCUT2D eigenvalue weighted by Crippen LogP contribution is 2.29. The largest absolute Gasteiger partial charge is 0.489 e. The first-order valence-corrected chi connectivity index (χ1v) is 9.52. The second kappa shape index (κ2) is 8.92. The molecule has 0 aliphatic rings. The predicted octanol–water partition coefficient (Wildman–Crippen LogP) is 6.60. The van der Waals surface area contributed by atoms with Crippen molar-refractivity contribution in [3.8, 4) is 5.75 Å². The van der Waals surface area contributed by atoms with E-state index < -0.39 is 0 Å².